The lowest BCUT2D eigenvalue weighted by Gasteiger charge is -2.27. The van der Waals surface area contributed by atoms with E-state index in [0.717, 1.165) is 5.69 Å². The van der Waals surface area contributed by atoms with E-state index in [2.05, 4.69) is 15.6 Å². The molecule has 1 saturated heterocycles. The fourth-order valence-corrected chi connectivity index (χ4v) is 4.95. The van der Waals surface area contributed by atoms with Crippen molar-refractivity contribution in [2.45, 2.75) is 32.9 Å². The number of non-ortho nitro benzene ring substituents is 1. The highest BCUT2D eigenvalue weighted by Gasteiger charge is 2.43. The first-order valence-electron chi connectivity index (χ1n) is 12.9. The first-order valence-corrected chi connectivity index (χ1v) is 13.3. The first-order chi connectivity index (χ1) is 19.6. The van der Waals surface area contributed by atoms with E-state index in [1.54, 1.807) is 37.6 Å². The van der Waals surface area contributed by atoms with Gasteiger partial charge in [0.2, 0.25) is 5.91 Å². The van der Waals surface area contributed by atoms with Crippen LogP contribution in [0.1, 0.15) is 44.3 Å². The Morgan fingerprint density at radius 1 is 1.12 bits per heavy atom. The van der Waals surface area contributed by atoms with Crippen LogP contribution in [0.15, 0.2) is 83.4 Å². The molecule has 2 aromatic carbocycles. The van der Waals surface area contributed by atoms with Gasteiger partial charge in [-0.05, 0) is 48.6 Å². The number of nitrogens with one attached hydrogen (secondary N) is 2. The molecule has 2 N–H and O–H groups in total. The third kappa shape index (κ3) is 5.62. The van der Waals surface area contributed by atoms with E-state index in [4.69, 9.17) is 21.4 Å². The maximum Gasteiger partial charge on any atom is 0.270 e. The average Bonchev–Trinajstić information content (AvgIpc) is 3.58. The van der Waals surface area contributed by atoms with Crippen LogP contribution in [0, 0.1) is 15.5 Å². The van der Waals surface area contributed by atoms with Crippen LogP contribution >= 0.6 is 12.2 Å². The normalized spacial score (nSPS) is 16.8. The number of rotatable bonds is 7. The second-order valence-electron chi connectivity index (χ2n) is 10.6. The van der Waals surface area contributed by atoms with E-state index in [1.807, 2.05) is 62.1 Å². The molecule has 41 heavy (non-hydrogen) atoms. The van der Waals surface area contributed by atoms with Gasteiger partial charge in [0, 0.05) is 41.1 Å². The average molecular weight is 572 g/mol. The van der Waals surface area contributed by atoms with Crippen LogP contribution in [-0.4, -0.2) is 28.0 Å². The molecule has 1 fully saturated rings. The largest absolute Gasteiger partial charge is 0.494 e. The molecule has 1 aliphatic heterocycles. The summed E-state index contributed by atoms with van der Waals surface area (Å²) in [6, 6.07) is 20.2. The smallest absolute Gasteiger partial charge is 0.270 e. The fraction of sp³-hybridized carbons (Fsp3) is 0.233. The molecule has 0 unspecified atom stereocenters. The number of ether oxygens (including phenoxy) is 1. The maximum absolute atomic E-state index is 12.6. The molecule has 2 atom stereocenters. The molecule has 0 spiro atoms. The highest BCUT2D eigenvalue weighted by atomic mass is 32.1. The molecule has 3 heterocycles. The molecule has 0 radical (unpaired) electrons. The van der Waals surface area contributed by atoms with Gasteiger partial charge in [0.25, 0.3) is 5.69 Å². The Hall–Kier alpha value is -4.77. The number of benzene rings is 2. The minimum absolute atomic E-state index is 0.0251. The van der Waals surface area contributed by atoms with Gasteiger partial charge in [-0.25, -0.2) is 0 Å². The number of furan rings is 1. The zero-order valence-electron chi connectivity index (χ0n) is 23.0. The Morgan fingerprint density at radius 3 is 2.61 bits per heavy atom. The van der Waals surface area contributed by atoms with Crippen molar-refractivity contribution in [3.05, 3.63) is 101 Å². The fourth-order valence-electron chi connectivity index (χ4n) is 4.60. The van der Waals surface area contributed by atoms with Crippen LogP contribution in [0.4, 0.5) is 17.1 Å². The summed E-state index contributed by atoms with van der Waals surface area (Å²) in [6.45, 7) is 5.52. The van der Waals surface area contributed by atoms with E-state index < -0.39 is 16.4 Å². The highest BCUT2D eigenvalue weighted by molar-refractivity contribution is 7.80. The number of carbonyl (C=O) groups excluding carboxylic acids is 1. The molecular weight excluding hydrogens is 542 g/mol. The second-order valence-corrected chi connectivity index (χ2v) is 11.0. The minimum atomic E-state index is -0.582. The predicted octanol–water partition coefficient (Wildman–Crippen LogP) is 6.42. The second kappa shape index (κ2) is 11.0. The van der Waals surface area contributed by atoms with Crippen molar-refractivity contribution in [1.29, 1.82) is 0 Å². The number of nitro groups is 1. The molecule has 11 heteroatoms. The lowest BCUT2D eigenvalue weighted by Crippen LogP contribution is -2.30. The number of aromatic nitrogens is 1. The number of amides is 1. The molecule has 0 bridgehead atoms. The summed E-state index contributed by atoms with van der Waals surface area (Å²) < 4.78 is 12.0. The first kappa shape index (κ1) is 27.8. The van der Waals surface area contributed by atoms with Gasteiger partial charge < -0.3 is 24.7 Å². The number of hydrogen-bond acceptors (Lipinski definition) is 7. The molecule has 1 amide bonds. The van der Waals surface area contributed by atoms with Crippen molar-refractivity contribution >= 4 is 40.3 Å². The van der Waals surface area contributed by atoms with Crippen LogP contribution in [0.2, 0.25) is 0 Å². The zero-order valence-corrected chi connectivity index (χ0v) is 23.8. The van der Waals surface area contributed by atoms with E-state index in [-0.39, 0.29) is 17.6 Å². The summed E-state index contributed by atoms with van der Waals surface area (Å²) >= 11 is 5.81. The molecule has 5 rings (SSSR count). The molecule has 1 aliphatic rings. The summed E-state index contributed by atoms with van der Waals surface area (Å²) in [5.74, 6) is 1.40. The number of carbonyl (C=O) groups is 1. The number of nitro benzene ring substituents is 1. The Labute approximate surface area is 242 Å². The van der Waals surface area contributed by atoms with Crippen molar-refractivity contribution < 1.29 is 18.9 Å². The minimum Gasteiger partial charge on any atom is -0.494 e. The standard InChI is InChI=1S/C30H29N5O5S/c1-30(2,3)28(36)32-21-12-11-19(17-25(21)39-4)34-27(26(33-29(34)41)22-10-5-6-15-31-22)24-14-13-23(40-24)18-8-7-9-20(16-18)35(37)38/h5-17,26-27H,1-4H3,(H,32,36)(H,33,41)/t26-,27-/m0/s1. The topological polar surface area (TPSA) is 123 Å². The number of thiocarbonyl (C=S) groups is 1. The van der Waals surface area contributed by atoms with Gasteiger partial charge in [0.1, 0.15) is 23.3 Å². The van der Waals surface area contributed by atoms with Gasteiger partial charge in [0.05, 0.1) is 29.5 Å². The summed E-state index contributed by atoms with van der Waals surface area (Å²) in [6.07, 6.45) is 1.71. The molecule has 0 aliphatic carbocycles. The van der Waals surface area contributed by atoms with Gasteiger partial charge in [-0.2, -0.15) is 0 Å². The van der Waals surface area contributed by atoms with Crippen molar-refractivity contribution in [3.63, 3.8) is 0 Å². The quantitative estimate of drug-likeness (QED) is 0.147. The van der Waals surface area contributed by atoms with E-state index in [0.29, 0.717) is 39.3 Å². The van der Waals surface area contributed by atoms with Crippen LogP contribution in [0.3, 0.4) is 0 Å². The third-order valence-electron chi connectivity index (χ3n) is 6.75. The molecule has 0 saturated carbocycles. The molecule has 10 nitrogen and oxygen atoms in total. The molecule has 2 aromatic heterocycles. The van der Waals surface area contributed by atoms with Crippen molar-refractivity contribution in [1.82, 2.24) is 10.3 Å². The Balaban J connectivity index is 1.56. The van der Waals surface area contributed by atoms with Crippen LogP contribution in [0.25, 0.3) is 11.3 Å². The third-order valence-corrected chi connectivity index (χ3v) is 7.07. The lowest BCUT2D eigenvalue weighted by molar-refractivity contribution is -0.384. The summed E-state index contributed by atoms with van der Waals surface area (Å²) in [5, 5.41) is 18.1. The highest BCUT2D eigenvalue weighted by Crippen LogP contribution is 2.44. The predicted molar refractivity (Wildman–Crippen MR) is 160 cm³/mol. The van der Waals surface area contributed by atoms with Crippen molar-refractivity contribution in [2.24, 2.45) is 5.41 Å². The van der Waals surface area contributed by atoms with Gasteiger partial charge in [0.15, 0.2) is 5.11 Å². The van der Waals surface area contributed by atoms with Gasteiger partial charge in [-0.15, -0.1) is 0 Å². The SMILES string of the molecule is COc1cc(N2C(=S)N[C@@H](c3ccccn3)[C@@H]2c2ccc(-c3cccc([N+](=O)[O-])c3)o2)ccc1NC(=O)C(C)(C)C. The Kier molecular flexibility index (Phi) is 7.46. The number of nitrogens with zero attached hydrogens (tertiary/aromatic N) is 3. The number of hydrogen-bond donors (Lipinski definition) is 2. The van der Waals surface area contributed by atoms with E-state index >= 15 is 0 Å². The van der Waals surface area contributed by atoms with E-state index in [9.17, 15) is 14.9 Å². The number of methoxy groups -OCH3 is 1. The number of anilines is 2. The van der Waals surface area contributed by atoms with Gasteiger partial charge in [-0.3, -0.25) is 19.9 Å². The summed E-state index contributed by atoms with van der Waals surface area (Å²) in [7, 11) is 1.54. The van der Waals surface area contributed by atoms with Gasteiger partial charge in [-0.1, -0.05) is 39.0 Å². The number of pyridine rings is 1. The maximum atomic E-state index is 12.6. The summed E-state index contributed by atoms with van der Waals surface area (Å²) in [4.78, 5) is 30.0. The molecule has 210 valence electrons. The monoisotopic (exact) mass is 571 g/mol. The van der Waals surface area contributed by atoms with Crippen LogP contribution in [-0.2, 0) is 4.79 Å². The van der Waals surface area contributed by atoms with Gasteiger partial charge >= 0.3 is 0 Å². The molecule has 4 aromatic rings. The van der Waals surface area contributed by atoms with Crippen LogP contribution in [0.5, 0.6) is 5.75 Å². The van der Waals surface area contributed by atoms with Crippen molar-refractivity contribution in [3.8, 4) is 17.1 Å². The van der Waals surface area contributed by atoms with Crippen molar-refractivity contribution in [2.75, 3.05) is 17.3 Å². The van der Waals surface area contributed by atoms with Crippen LogP contribution < -0.4 is 20.3 Å². The Morgan fingerprint density at radius 2 is 1.93 bits per heavy atom. The zero-order chi connectivity index (χ0) is 29.3. The molecular formula is C30H29N5O5S. The lowest BCUT2D eigenvalue weighted by atomic mass is 9.95. The Bertz CT molecular complexity index is 1620. The van der Waals surface area contributed by atoms with E-state index in [1.165, 1.54) is 12.1 Å². The summed E-state index contributed by atoms with van der Waals surface area (Å²) in [5.41, 5.74) is 1.99.